The van der Waals surface area contributed by atoms with Gasteiger partial charge >= 0.3 is 0 Å². The second kappa shape index (κ2) is 5.75. The summed E-state index contributed by atoms with van der Waals surface area (Å²) < 4.78 is 24.1. The van der Waals surface area contributed by atoms with Gasteiger partial charge in [-0.05, 0) is 24.6 Å². The molecule has 1 atom stereocenters. The maximum atomic E-state index is 13.4. The van der Waals surface area contributed by atoms with Crippen LogP contribution < -0.4 is 5.32 Å². The number of hydrogen-bond donors (Lipinski definition) is 1. The number of rotatable bonds is 4. The van der Waals surface area contributed by atoms with Crippen LogP contribution in [0.3, 0.4) is 0 Å². The number of aryl methyl sites for hydroxylation is 1. The van der Waals surface area contributed by atoms with E-state index in [9.17, 15) is 13.4 Å². The fourth-order valence-electron chi connectivity index (χ4n) is 1.21. The molecule has 0 saturated heterocycles. The molecule has 0 aliphatic heterocycles. The van der Waals surface area contributed by atoms with E-state index in [2.05, 4.69) is 5.32 Å². The fraction of sp³-hybridized carbons (Fsp3) is 0.364. The maximum absolute atomic E-state index is 13.4. The third kappa shape index (κ3) is 3.73. The van der Waals surface area contributed by atoms with Crippen LogP contribution in [0.15, 0.2) is 18.2 Å². The third-order valence-corrected chi connectivity index (χ3v) is 2.82. The quantitative estimate of drug-likeness (QED) is 0.865. The van der Waals surface area contributed by atoms with Crippen molar-refractivity contribution in [3.05, 3.63) is 35.1 Å². The highest BCUT2D eigenvalue weighted by Crippen LogP contribution is 2.09. The number of nitrogens with one attached hydrogen (secondary N) is 1. The molecule has 1 aromatic rings. The third-order valence-electron chi connectivity index (χ3n) is 2.04. The molecule has 1 rings (SSSR count). The summed E-state index contributed by atoms with van der Waals surface area (Å²) in [7, 11) is -0.956. The van der Waals surface area contributed by atoms with Crippen molar-refractivity contribution < 1.29 is 13.4 Å². The summed E-state index contributed by atoms with van der Waals surface area (Å²) in [6, 6.07) is 4.44. The molecule has 1 N–H and O–H groups in total. The van der Waals surface area contributed by atoms with Gasteiger partial charge < -0.3 is 5.32 Å². The first-order valence-corrected chi connectivity index (χ1v) is 6.58. The molecule has 16 heavy (non-hydrogen) atoms. The molecule has 0 aliphatic carbocycles. The van der Waals surface area contributed by atoms with Gasteiger partial charge in [-0.15, -0.1) is 0 Å². The van der Waals surface area contributed by atoms with Gasteiger partial charge in [-0.25, -0.2) is 4.39 Å². The van der Waals surface area contributed by atoms with Crippen molar-refractivity contribution in [1.82, 2.24) is 5.32 Å². The van der Waals surface area contributed by atoms with Crippen molar-refractivity contribution in [2.45, 2.75) is 6.92 Å². The van der Waals surface area contributed by atoms with Gasteiger partial charge in [0.15, 0.2) is 0 Å². The lowest BCUT2D eigenvalue weighted by molar-refractivity contribution is 0.0952. The number of amides is 1. The minimum Gasteiger partial charge on any atom is -0.351 e. The van der Waals surface area contributed by atoms with Gasteiger partial charge in [0.1, 0.15) is 5.82 Å². The number of halogens is 1. The van der Waals surface area contributed by atoms with Crippen molar-refractivity contribution in [2.75, 3.05) is 18.6 Å². The molecule has 88 valence electrons. The Morgan fingerprint density at radius 1 is 1.50 bits per heavy atom. The minimum atomic E-state index is -0.956. The Hall–Kier alpha value is -1.23. The Morgan fingerprint density at radius 2 is 2.19 bits per heavy atom. The lowest BCUT2D eigenvalue weighted by Crippen LogP contribution is -2.28. The van der Waals surface area contributed by atoms with Crippen LogP contribution in [0.25, 0.3) is 0 Å². The summed E-state index contributed by atoms with van der Waals surface area (Å²) in [6.07, 6.45) is 1.55. The van der Waals surface area contributed by atoms with E-state index in [0.29, 0.717) is 5.75 Å². The molecule has 3 nitrogen and oxygen atoms in total. The van der Waals surface area contributed by atoms with Gasteiger partial charge in [0, 0.05) is 29.4 Å². The highest BCUT2D eigenvalue weighted by atomic mass is 32.2. The number of carbonyl (C=O) groups is 1. The van der Waals surface area contributed by atoms with E-state index in [1.54, 1.807) is 19.2 Å². The van der Waals surface area contributed by atoms with Crippen molar-refractivity contribution in [1.29, 1.82) is 0 Å². The van der Waals surface area contributed by atoms with Gasteiger partial charge in [-0.3, -0.25) is 9.00 Å². The molecule has 0 aromatic heterocycles. The smallest absolute Gasteiger partial charge is 0.254 e. The van der Waals surface area contributed by atoms with E-state index in [1.807, 2.05) is 0 Å². The van der Waals surface area contributed by atoms with Gasteiger partial charge in [0.05, 0.1) is 5.56 Å². The van der Waals surface area contributed by atoms with E-state index in [0.717, 1.165) is 5.56 Å². The molecular formula is C11H14FNO2S. The van der Waals surface area contributed by atoms with Gasteiger partial charge in [-0.2, -0.15) is 0 Å². The molecule has 5 heteroatoms. The molecule has 0 saturated carbocycles. The van der Waals surface area contributed by atoms with Crippen LogP contribution in [0.5, 0.6) is 0 Å². The average molecular weight is 243 g/mol. The zero-order valence-electron chi connectivity index (χ0n) is 9.25. The first-order chi connectivity index (χ1) is 7.50. The second-order valence-corrected chi connectivity index (χ2v) is 5.07. The molecule has 0 heterocycles. The molecule has 0 bridgehead atoms. The monoisotopic (exact) mass is 243 g/mol. The van der Waals surface area contributed by atoms with Crippen LogP contribution in [0.4, 0.5) is 4.39 Å². The lowest BCUT2D eigenvalue weighted by Gasteiger charge is -2.05. The first-order valence-electron chi connectivity index (χ1n) is 4.85. The van der Waals surface area contributed by atoms with Crippen molar-refractivity contribution in [3.8, 4) is 0 Å². The van der Waals surface area contributed by atoms with Crippen molar-refractivity contribution >= 4 is 16.7 Å². The first kappa shape index (κ1) is 12.8. The Labute approximate surface area is 96.5 Å². The molecule has 1 aromatic carbocycles. The van der Waals surface area contributed by atoms with Gasteiger partial charge in [-0.1, -0.05) is 6.07 Å². The predicted molar refractivity (Wildman–Crippen MR) is 62.4 cm³/mol. The predicted octanol–water partition coefficient (Wildman–Crippen LogP) is 1.24. The van der Waals surface area contributed by atoms with E-state index in [4.69, 9.17) is 0 Å². The molecule has 0 spiro atoms. The van der Waals surface area contributed by atoms with E-state index >= 15 is 0 Å². The number of hydrogen-bond acceptors (Lipinski definition) is 2. The van der Waals surface area contributed by atoms with E-state index < -0.39 is 22.5 Å². The van der Waals surface area contributed by atoms with Gasteiger partial charge in [0.25, 0.3) is 5.91 Å². The molecule has 1 unspecified atom stereocenters. The van der Waals surface area contributed by atoms with Gasteiger partial charge in [0.2, 0.25) is 0 Å². The number of carbonyl (C=O) groups excluding carboxylic acids is 1. The van der Waals surface area contributed by atoms with Crippen LogP contribution in [-0.2, 0) is 10.8 Å². The van der Waals surface area contributed by atoms with E-state index in [-0.39, 0.29) is 12.1 Å². The maximum Gasteiger partial charge on any atom is 0.254 e. The molecule has 1 amide bonds. The Balaban J connectivity index is 2.63. The summed E-state index contributed by atoms with van der Waals surface area (Å²) in [5.74, 6) is -0.628. The summed E-state index contributed by atoms with van der Waals surface area (Å²) in [5.41, 5.74) is 0.788. The minimum absolute atomic E-state index is 0.0208. The zero-order chi connectivity index (χ0) is 12.1. The Morgan fingerprint density at radius 3 is 2.75 bits per heavy atom. The summed E-state index contributed by atoms with van der Waals surface area (Å²) in [5, 5.41) is 2.52. The highest BCUT2D eigenvalue weighted by molar-refractivity contribution is 7.84. The standard InChI is InChI=1S/C11H14FNO2S/c1-8-3-4-9(10(12)7-8)11(14)13-5-6-16(2)15/h3-4,7H,5-6H2,1-2H3,(H,13,14). The number of benzene rings is 1. The van der Waals surface area contributed by atoms with E-state index in [1.165, 1.54) is 12.1 Å². The SMILES string of the molecule is Cc1ccc(C(=O)NCCS(C)=O)c(F)c1. The van der Waals surface area contributed by atoms with Crippen LogP contribution in [0.1, 0.15) is 15.9 Å². The second-order valence-electron chi connectivity index (χ2n) is 3.52. The summed E-state index contributed by atoms with van der Waals surface area (Å²) in [6.45, 7) is 2.04. The average Bonchev–Trinajstić information content (AvgIpc) is 2.16. The van der Waals surface area contributed by atoms with Crippen molar-refractivity contribution in [2.24, 2.45) is 0 Å². The molecule has 0 aliphatic rings. The lowest BCUT2D eigenvalue weighted by atomic mass is 10.1. The molecule has 0 radical (unpaired) electrons. The van der Waals surface area contributed by atoms with Crippen LogP contribution in [0.2, 0.25) is 0 Å². The van der Waals surface area contributed by atoms with Crippen LogP contribution in [0, 0.1) is 12.7 Å². The summed E-state index contributed by atoms with van der Waals surface area (Å²) >= 11 is 0. The largest absolute Gasteiger partial charge is 0.351 e. The Bertz CT molecular complexity index is 420. The Kier molecular flexibility index (Phi) is 4.61. The van der Waals surface area contributed by atoms with Crippen molar-refractivity contribution in [3.63, 3.8) is 0 Å². The molecular weight excluding hydrogens is 229 g/mol. The zero-order valence-corrected chi connectivity index (χ0v) is 10.1. The van der Waals surface area contributed by atoms with Crippen LogP contribution in [-0.4, -0.2) is 28.7 Å². The fourth-order valence-corrected chi connectivity index (χ4v) is 1.60. The normalized spacial score (nSPS) is 12.2. The summed E-state index contributed by atoms with van der Waals surface area (Å²) in [4.78, 5) is 11.5. The topological polar surface area (TPSA) is 46.2 Å². The van der Waals surface area contributed by atoms with Crippen LogP contribution >= 0.6 is 0 Å². The highest BCUT2D eigenvalue weighted by Gasteiger charge is 2.10. The molecule has 0 fully saturated rings.